The monoisotopic (exact) mass is 381 g/mol. The molecule has 2 saturated heterocycles. The average molecular weight is 382 g/mol. The van der Waals surface area contributed by atoms with Crippen LogP contribution in [0, 0.1) is 11.8 Å². The Balaban J connectivity index is 1.59. The lowest BCUT2D eigenvalue weighted by Crippen LogP contribution is -2.31. The van der Waals surface area contributed by atoms with E-state index in [1.54, 1.807) is 21.2 Å². The summed E-state index contributed by atoms with van der Waals surface area (Å²) >= 11 is 0. The molecule has 0 bridgehead atoms. The van der Waals surface area contributed by atoms with E-state index in [9.17, 15) is 8.42 Å². The summed E-state index contributed by atoms with van der Waals surface area (Å²) in [6, 6.07) is 8.86. The van der Waals surface area contributed by atoms with Crippen LogP contribution in [-0.4, -0.2) is 82.7 Å². The molecule has 0 spiro atoms. The summed E-state index contributed by atoms with van der Waals surface area (Å²) in [7, 11) is 4.02. The van der Waals surface area contributed by atoms with Crippen molar-refractivity contribution in [2.45, 2.75) is 12.5 Å². The van der Waals surface area contributed by atoms with Gasteiger partial charge in [-0.25, -0.2) is 12.7 Å². The first-order valence-electron chi connectivity index (χ1n) is 9.28. The fourth-order valence-corrected chi connectivity index (χ4v) is 5.35. The maximum absolute atomic E-state index is 11.9. The van der Waals surface area contributed by atoms with Gasteiger partial charge < -0.3 is 9.64 Å². The summed E-state index contributed by atoms with van der Waals surface area (Å²) in [5, 5.41) is 0. The normalized spacial score (nSPS) is 27.2. The molecule has 0 aliphatic carbocycles. The molecule has 146 valence electrons. The van der Waals surface area contributed by atoms with Gasteiger partial charge in [0.15, 0.2) is 0 Å². The molecule has 2 aliphatic rings. The first-order valence-corrected chi connectivity index (χ1v) is 10.9. The minimum Gasteiger partial charge on any atom is -0.497 e. The van der Waals surface area contributed by atoms with Gasteiger partial charge in [0.1, 0.15) is 5.75 Å². The van der Waals surface area contributed by atoms with Crippen molar-refractivity contribution in [1.29, 1.82) is 0 Å². The van der Waals surface area contributed by atoms with Gasteiger partial charge in [-0.3, -0.25) is 4.90 Å². The topological polar surface area (TPSA) is 53.1 Å². The molecule has 3 rings (SSSR count). The Bertz CT molecular complexity index is 705. The van der Waals surface area contributed by atoms with Crippen molar-refractivity contribution in [3.05, 3.63) is 29.8 Å². The molecule has 0 aromatic heterocycles. The van der Waals surface area contributed by atoms with E-state index in [1.807, 2.05) is 12.1 Å². The molecule has 1 aromatic carbocycles. The zero-order valence-electron chi connectivity index (χ0n) is 16.3. The van der Waals surface area contributed by atoms with Crippen LogP contribution in [0.5, 0.6) is 5.75 Å². The number of hydrogen-bond donors (Lipinski definition) is 0. The quantitative estimate of drug-likeness (QED) is 0.717. The van der Waals surface area contributed by atoms with Crippen molar-refractivity contribution < 1.29 is 13.2 Å². The average Bonchev–Trinajstić information content (AvgIpc) is 3.10. The number of hydrogen-bond acceptors (Lipinski definition) is 5. The van der Waals surface area contributed by atoms with Gasteiger partial charge in [-0.15, -0.1) is 0 Å². The number of sulfonamides is 1. The predicted molar refractivity (Wildman–Crippen MR) is 104 cm³/mol. The highest BCUT2D eigenvalue weighted by atomic mass is 32.2. The van der Waals surface area contributed by atoms with Gasteiger partial charge in [0.2, 0.25) is 10.0 Å². The summed E-state index contributed by atoms with van der Waals surface area (Å²) in [6.07, 6.45) is 0.697. The number of methoxy groups -OCH3 is 1. The highest BCUT2D eigenvalue weighted by molar-refractivity contribution is 7.89. The van der Waals surface area contributed by atoms with Gasteiger partial charge in [0.25, 0.3) is 0 Å². The third-order valence-electron chi connectivity index (χ3n) is 5.86. The van der Waals surface area contributed by atoms with Crippen LogP contribution in [0.2, 0.25) is 0 Å². The van der Waals surface area contributed by atoms with Crippen molar-refractivity contribution in [1.82, 2.24) is 14.1 Å². The number of likely N-dealkylation sites (tertiary alicyclic amines) is 2. The Hall–Kier alpha value is -1.15. The maximum atomic E-state index is 11.9. The van der Waals surface area contributed by atoms with E-state index in [2.05, 4.69) is 29.0 Å². The van der Waals surface area contributed by atoms with E-state index in [0.29, 0.717) is 24.3 Å². The molecule has 0 N–H and O–H groups in total. The SMILES string of the molecule is COc1ccc([C@H]2[C@@H]3CN(CCCS(=O)(=O)N(C)C)C[C@@H]3CN2C)cc1. The fraction of sp³-hybridized carbons (Fsp3) is 0.684. The number of ether oxygens (including phenoxy) is 1. The van der Waals surface area contributed by atoms with Crippen molar-refractivity contribution in [2.75, 3.05) is 60.2 Å². The highest BCUT2D eigenvalue weighted by Gasteiger charge is 2.45. The van der Waals surface area contributed by atoms with Gasteiger partial charge >= 0.3 is 0 Å². The van der Waals surface area contributed by atoms with Gasteiger partial charge in [0.05, 0.1) is 12.9 Å². The first-order chi connectivity index (χ1) is 12.3. The van der Waals surface area contributed by atoms with Crippen molar-refractivity contribution >= 4 is 10.0 Å². The van der Waals surface area contributed by atoms with E-state index < -0.39 is 10.0 Å². The van der Waals surface area contributed by atoms with Crippen molar-refractivity contribution in [3.63, 3.8) is 0 Å². The van der Waals surface area contributed by atoms with Gasteiger partial charge in [-0.1, -0.05) is 12.1 Å². The van der Waals surface area contributed by atoms with Crippen LogP contribution in [-0.2, 0) is 10.0 Å². The number of rotatable bonds is 7. The molecule has 0 radical (unpaired) electrons. The molecule has 26 heavy (non-hydrogen) atoms. The lowest BCUT2D eigenvalue weighted by Gasteiger charge is -2.27. The van der Waals surface area contributed by atoms with Crippen molar-refractivity contribution in [2.24, 2.45) is 11.8 Å². The molecule has 0 unspecified atom stereocenters. The predicted octanol–water partition coefficient (Wildman–Crippen LogP) is 1.51. The summed E-state index contributed by atoms with van der Waals surface area (Å²) in [6.45, 7) is 4.09. The Labute approximate surface area is 157 Å². The van der Waals surface area contributed by atoms with Crippen LogP contribution in [0.25, 0.3) is 0 Å². The third kappa shape index (κ3) is 4.06. The van der Waals surface area contributed by atoms with Crippen LogP contribution in [0.1, 0.15) is 18.0 Å². The molecule has 6 nitrogen and oxygen atoms in total. The lowest BCUT2D eigenvalue weighted by molar-refractivity contribution is 0.228. The summed E-state index contributed by atoms with van der Waals surface area (Å²) in [5.74, 6) is 2.39. The second-order valence-electron chi connectivity index (χ2n) is 7.79. The molecule has 2 heterocycles. The number of benzene rings is 1. The summed E-state index contributed by atoms with van der Waals surface area (Å²) in [5.41, 5.74) is 1.35. The molecular formula is C19H31N3O3S. The molecule has 0 amide bonds. The van der Waals surface area contributed by atoms with Gasteiger partial charge in [-0.2, -0.15) is 0 Å². The Morgan fingerprint density at radius 3 is 2.46 bits per heavy atom. The van der Waals surface area contributed by atoms with Crippen LogP contribution in [0.4, 0.5) is 0 Å². The summed E-state index contributed by atoms with van der Waals surface area (Å²) in [4.78, 5) is 4.91. The number of nitrogens with zero attached hydrogens (tertiary/aromatic N) is 3. The van der Waals surface area contributed by atoms with Crippen LogP contribution in [0.15, 0.2) is 24.3 Å². The smallest absolute Gasteiger partial charge is 0.213 e. The van der Waals surface area contributed by atoms with E-state index in [0.717, 1.165) is 31.9 Å². The zero-order chi connectivity index (χ0) is 18.9. The second-order valence-corrected chi connectivity index (χ2v) is 10.1. The minimum absolute atomic E-state index is 0.230. The molecular weight excluding hydrogens is 350 g/mol. The number of fused-ring (bicyclic) bond motifs is 1. The molecule has 7 heteroatoms. The zero-order valence-corrected chi connectivity index (χ0v) is 17.1. The molecule has 3 atom stereocenters. The minimum atomic E-state index is -3.09. The van der Waals surface area contributed by atoms with E-state index in [-0.39, 0.29) is 5.75 Å². The first kappa shape index (κ1) is 19.6. The van der Waals surface area contributed by atoms with E-state index >= 15 is 0 Å². The van der Waals surface area contributed by atoms with Gasteiger partial charge in [-0.05, 0) is 49.5 Å². The van der Waals surface area contributed by atoms with Crippen molar-refractivity contribution in [3.8, 4) is 5.75 Å². The molecule has 2 aliphatic heterocycles. The standard InChI is InChI=1S/C19H31N3O3S/c1-20(2)26(23,24)11-5-10-22-13-16-12-21(3)19(18(16)14-22)15-6-8-17(25-4)9-7-15/h6-9,16,18-19H,5,10-14H2,1-4H3/t16-,18+,19-/m0/s1. The Morgan fingerprint density at radius 1 is 1.15 bits per heavy atom. The fourth-order valence-electron chi connectivity index (χ4n) is 4.49. The third-order valence-corrected chi connectivity index (χ3v) is 7.78. The maximum Gasteiger partial charge on any atom is 0.213 e. The highest BCUT2D eigenvalue weighted by Crippen LogP contribution is 2.44. The van der Waals surface area contributed by atoms with Gasteiger partial charge in [0, 0.05) is 39.8 Å². The largest absolute Gasteiger partial charge is 0.497 e. The Morgan fingerprint density at radius 2 is 1.85 bits per heavy atom. The van der Waals surface area contributed by atoms with Crippen LogP contribution >= 0.6 is 0 Å². The van der Waals surface area contributed by atoms with Crippen LogP contribution in [0.3, 0.4) is 0 Å². The lowest BCUT2D eigenvalue weighted by atomic mass is 9.89. The molecule has 1 aromatic rings. The second kappa shape index (κ2) is 7.84. The summed E-state index contributed by atoms with van der Waals surface area (Å²) < 4.78 is 30.4. The molecule has 0 saturated carbocycles. The van der Waals surface area contributed by atoms with E-state index in [1.165, 1.54) is 9.87 Å². The van der Waals surface area contributed by atoms with Crippen LogP contribution < -0.4 is 4.74 Å². The Kier molecular flexibility index (Phi) is 5.91. The molecule has 2 fully saturated rings. The van der Waals surface area contributed by atoms with E-state index in [4.69, 9.17) is 4.74 Å².